The van der Waals surface area contributed by atoms with Crippen molar-refractivity contribution in [2.75, 3.05) is 5.33 Å². The van der Waals surface area contributed by atoms with Gasteiger partial charge in [0.05, 0.1) is 12.5 Å². The van der Waals surface area contributed by atoms with Crippen LogP contribution in [0.5, 0.6) is 0 Å². The first-order valence-corrected chi connectivity index (χ1v) is 7.95. The van der Waals surface area contributed by atoms with Crippen molar-refractivity contribution in [1.82, 2.24) is 5.32 Å². The third-order valence-electron chi connectivity index (χ3n) is 3.09. The third kappa shape index (κ3) is 4.29. The zero-order valence-corrected chi connectivity index (χ0v) is 13.5. The minimum Gasteiger partial charge on any atom is -0.348 e. The second-order valence-corrected chi connectivity index (χ2v) is 5.62. The summed E-state index contributed by atoms with van der Waals surface area (Å²) in [5.41, 5.74) is 1.21. The van der Waals surface area contributed by atoms with Gasteiger partial charge in [-0.05, 0) is 17.7 Å². The number of hydrogen-bond acceptors (Lipinski definition) is 1. The predicted molar refractivity (Wildman–Crippen MR) is 86.2 cm³/mol. The first kappa shape index (κ1) is 16.0. The van der Waals surface area contributed by atoms with Crippen LogP contribution in [0.4, 0.5) is 4.39 Å². The van der Waals surface area contributed by atoms with Crippen molar-refractivity contribution in [2.45, 2.75) is 12.5 Å². The number of hydrogen-bond donors (Lipinski definition) is 1. The summed E-state index contributed by atoms with van der Waals surface area (Å²) >= 11 is 9.31. The Morgan fingerprint density at radius 2 is 1.90 bits per heavy atom. The zero-order valence-electron chi connectivity index (χ0n) is 11.2. The minimum absolute atomic E-state index is 0.0815. The highest BCUT2D eigenvalue weighted by molar-refractivity contribution is 9.09. The Kier molecular flexibility index (Phi) is 5.76. The fourth-order valence-corrected chi connectivity index (χ4v) is 2.77. The van der Waals surface area contributed by atoms with Gasteiger partial charge in [-0.2, -0.15) is 0 Å². The molecule has 2 rings (SSSR count). The fourth-order valence-electron chi connectivity index (χ4n) is 2.00. The van der Waals surface area contributed by atoms with E-state index in [2.05, 4.69) is 21.2 Å². The van der Waals surface area contributed by atoms with Gasteiger partial charge in [-0.15, -0.1) is 0 Å². The monoisotopic (exact) mass is 369 g/mol. The Hall–Kier alpha value is -1.39. The second kappa shape index (κ2) is 7.57. The first-order valence-electron chi connectivity index (χ1n) is 6.45. The summed E-state index contributed by atoms with van der Waals surface area (Å²) in [6.45, 7) is 0. The molecule has 2 aromatic rings. The largest absolute Gasteiger partial charge is 0.348 e. The molecule has 110 valence electrons. The van der Waals surface area contributed by atoms with Crippen molar-refractivity contribution in [3.8, 4) is 0 Å². The SMILES string of the molecule is O=C(Cc1c(F)cccc1Cl)NC(CBr)c1ccccc1. The van der Waals surface area contributed by atoms with Crippen LogP contribution in [0.25, 0.3) is 0 Å². The summed E-state index contributed by atoms with van der Waals surface area (Å²) in [4.78, 5) is 12.1. The highest BCUT2D eigenvalue weighted by Crippen LogP contribution is 2.20. The van der Waals surface area contributed by atoms with E-state index in [0.717, 1.165) is 5.56 Å². The normalized spacial score (nSPS) is 12.0. The summed E-state index contributed by atoms with van der Waals surface area (Å²) in [5.74, 6) is -0.733. The van der Waals surface area contributed by atoms with E-state index in [1.165, 1.54) is 12.1 Å². The fraction of sp³-hybridized carbons (Fsp3) is 0.188. The molecule has 1 amide bonds. The molecule has 0 aliphatic heterocycles. The van der Waals surface area contributed by atoms with Crippen molar-refractivity contribution in [3.05, 3.63) is 70.5 Å². The van der Waals surface area contributed by atoms with Gasteiger partial charge in [0, 0.05) is 15.9 Å². The molecular weight excluding hydrogens is 357 g/mol. The first-order chi connectivity index (χ1) is 10.1. The van der Waals surface area contributed by atoms with Crippen LogP contribution in [0.15, 0.2) is 48.5 Å². The standard InChI is InChI=1S/C16H14BrClFNO/c17-10-15(11-5-2-1-3-6-11)20-16(21)9-12-13(18)7-4-8-14(12)19/h1-8,15H,9-10H2,(H,20,21). The Balaban J connectivity index is 2.07. The number of amides is 1. The minimum atomic E-state index is -0.465. The zero-order chi connectivity index (χ0) is 15.2. The van der Waals surface area contributed by atoms with Gasteiger partial charge in [-0.1, -0.05) is 63.9 Å². The van der Waals surface area contributed by atoms with E-state index >= 15 is 0 Å². The van der Waals surface area contributed by atoms with Crippen molar-refractivity contribution >= 4 is 33.4 Å². The molecular formula is C16H14BrClFNO. The molecule has 0 saturated carbocycles. The van der Waals surface area contributed by atoms with Crippen LogP contribution in [-0.2, 0) is 11.2 Å². The van der Waals surface area contributed by atoms with E-state index in [9.17, 15) is 9.18 Å². The maximum atomic E-state index is 13.7. The van der Waals surface area contributed by atoms with Crippen LogP contribution >= 0.6 is 27.5 Å². The summed E-state index contributed by atoms with van der Waals surface area (Å²) in [7, 11) is 0. The lowest BCUT2D eigenvalue weighted by molar-refractivity contribution is -0.121. The Bertz CT molecular complexity index is 601. The van der Waals surface area contributed by atoms with E-state index < -0.39 is 5.82 Å². The van der Waals surface area contributed by atoms with Gasteiger partial charge >= 0.3 is 0 Å². The number of halogens is 3. The smallest absolute Gasteiger partial charge is 0.225 e. The molecule has 0 fully saturated rings. The molecule has 2 nitrogen and oxygen atoms in total. The third-order valence-corrected chi connectivity index (χ3v) is 4.09. The number of nitrogens with one attached hydrogen (secondary N) is 1. The highest BCUT2D eigenvalue weighted by atomic mass is 79.9. The number of alkyl halides is 1. The van der Waals surface area contributed by atoms with E-state index in [1.807, 2.05) is 30.3 Å². The van der Waals surface area contributed by atoms with Crippen LogP contribution in [0.2, 0.25) is 5.02 Å². The maximum absolute atomic E-state index is 13.7. The quantitative estimate of drug-likeness (QED) is 0.782. The van der Waals surface area contributed by atoms with Crippen molar-refractivity contribution in [1.29, 1.82) is 0 Å². The molecule has 0 aliphatic rings. The maximum Gasteiger partial charge on any atom is 0.225 e. The summed E-state index contributed by atoms with van der Waals surface area (Å²) in [6, 6.07) is 13.8. The van der Waals surface area contributed by atoms with Crippen LogP contribution in [0.1, 0.15) is 17.2 Å². The van der Waals surface area contributed by atoms with E-state index in [-0.39, 0.29) is 29.0 Å². The molecule has 0 radical (unpaired) electrons. The van der Waals surface area contributed by atoms with Crippen LogP contribution in [0.3, 0.4) is 0 Å². The Labute approximate surface area is 136 Å². The number of rotatable bonds is 5. The molecule has 0 spiro atoms. The van der Waals surface area contributed by atoms with Crippen LogP contribution < -0.4 is 5.32 Å². The predicted octanol–water partition coefficient (Wildman–Crippen LogP) is 4.27. The van der Waals surface area contributed by atoms with Gasteiger partial charge in [0.1, 0.15) is 5.82 Å². The number of carbonyl (C=O) groups is 1. The average molecular weight is 371 g/mol. The van der Waals surface area contributed by atoms with Gasteiger partial charge in [-0.25, -0.2) is 4.39 Å². The second-order valence-electron chi connectivity index (χ2n) is 4.56. The van der Waals surface area contributed by atoms with E-state index in [4.69, 9.17) is 11.6 Å². The molecule has 0 bridgehead atoms. The lowest BCUT2D eigenvalue weighted by Gasteiger charge is -2.17. The number of benzene rings is 2. The van der Waals surface area contributed by atoms with Gasteiger partial charge < -0.3 is 5.32 Å². The van der Waals surface area contributed by atoms with Gasteiger partial charge in [0.25, 0.3) is 0 Å². The molecule has 21 heavy (non-hydrogen) atoms. The molecule has 1 unspecified atom stereocenters. The topological polar surface area (TPSA) is 29.1 Å². The highest BCUT2D eigenvalue weighted by Gasteiger charge is 2.16. The molecule has 0 saturated heterocycles. The molecule has 0 aromatic heterocycles. The molecule has 5 heteroatoms. The van der Waals surface area contributed by atoms with Crippen molar-refractivity contribution in [2.24, 2.45) is 0 Å². The Morgan fingerprint density at radius 3 is 2.52 bits per heavy atom. The van der Waals surface area contributed by atoms with Crippen LogP contribution in [-0.4, -0.2) is 11.2 Å². The van der Waals surface area contributed by atoms with Gasteiger partial charge in [0.15, 0.2) is 0 Å². The lowest BCUT2D eigenvalue weighted by atomic mass is 10.1. The molecule has 2 aromatic carbocycles. The van der Waals surface area contributed by atoms with E-state index in [0.29, 0.717) is 5.33 Å². The molecule has 1 N–H and O–H groups in total. The van der Waals surface area contributed by atoms with Gasteiger partial charge in [-0.3, -0.25) is 4.79 Å². The number of carbonyl (C=O) groups excluding carboxylic acids is 1. The van der Waals surface area contributed by atoms with Crippen LogP contribution in [0, 0.1) is 5.82 Å². The summed E-state index contributed by atoms with van der Waals surface area (Å²) in [5, 5.41) is 3.72. The van der Waals surface area contributed by atoms with Crippen molar-refractivity contribution in [3.63, 3.8) is 0 Å². The van der Waals surface area contributed by atoms with Crippen molar-refractivity contribution < 1.29 is 9.18 Å². The average Bonchev–Trinajstić information content (AvgIpc) is 2.49. The Morgan fingerprint density at radius 1 is 1.19 bits per heavy atom. The van der Waals surface area contributed by atoms with E-state index in [1.54, 1.807) is 6.07 Å². The summed E-state index contributed by atoms with van der Waals surface area (Å²) in [6.07, 6.45) is -0.0815. The molecule has 1 atom stereocenters. The van der Waals surface area contributed by atoms with Gasteiger partial charge in [0.2, 0.25) is 5.91 Å². The molecule has 0 heterocycles. The lowest BCUT2D eigenvalue weighted by Crippen LogP contribution is -2.31. The molecule has 0 aliphatic carbocycles. The summed E-state index contributed by atoms with van der Waals surface area (Å²) < 4.78 is 13.7.